The number of hydrogen-bond donors (Lipinski definition) is 1. The van der Waals surface area contributed by atoms with E-state index in [-0.39, 0.29) is 37.5 Å². The van der Waals surface area contributed by atoms with E-state index in [1.165, 1.54) is 6.07 Å². The number of carbonyl (C=O) groups excluding carboxylic acids is 1. The van der Waals surface area contributed by atoms with Gasteiger partial charge in [-0.25, -0.2) is 0 Å². The Morgan fingerprint density at radius 1 is 1.27 bits per heavy atom. The van der Waals surface area contributed by atoms with Crippen LogP contribution in [0.4, 0.5) is 13.2 Å². The van der Waals surface area contributed by atoms with Crippen LogP contribution in [0.15, 0.2) is 18.2 Å². The highest BCUT2D eigenvalue weighted by molar-refractivity contribution is 5.98. The van der Waals surface area contributed by atoms with Crippen molar-refractivity contribution in [2.75, 3.05) is 13.3 Å². The summed E-state index contributed by atoms with van der Waals surface area (Å²) in [6.07, 6.45) is -4.44. The van der Waals surface area contributed by atoms with Crippen LogP contribution < -0.4 is 15.2 Å². The predicted octanol–water partition coefficient (Wildman–Crippen LogP) is 1.91. The molecule has 2 aliphatic rings. The van der Waals surface area contributed by atoms with E-state index in [2.05, 4.69) is 0 Å². The summed E-state index contributed by atoms with van der Waals surface area (Å²) >= 11 is 0. The Bertz CT molecular complexity index is 591. The normalized spacial score (nSPS) is 24.5. The van der Waals surface area contributed by atoms with Gasteiger partial charge in [-0.15, -0.1) is 0 Å². The Balaban J connectivity index is 1.94. The number of ether oxygens (including phenoxy) is 2. The molecule has 0 saturated carbocycles. The first-order chi connectivity index (χ1) is 10.4. The molecule has 1 fully saturated rings. The summed E-state index contributed by atoms with van der Waals surface area (Å²) in [4.78, 5) is 13.4. The van der Waals surface area contributed by atoms with Gasteiger partial charge in [-0.1, -0.05) is 6.07 Å². The maximum atomic E-state index is 13.2. The first kappa shape index (κ1) is 15.0. The van der Waals surface area contributed by atoms with Gasteiger partial charge in [0.15, 0.2) is 11.5 Å². The molecule has 120 valence electrons. The van der Waals surface area contributed by atoms with Crippen LogP contribution in [0.1, 0.15) is 23.2 Å². The number of piperidine rings is 1. The molecule has 0 aromatic heterocycles. The van der Waals surface area contributed by atoms with Crippen LogP contribution in [0.3, 0.4) is 0 Å². The molecule has 2 heterocycles. The molecular weight excluding hydrogens is 301 g/mol. The monoisotopic (exact) mass is 316 g/mol. The van der Waals surface area contributed by atoms with Crippen LogP contribution >= 0.6 is 0 Å². The number of likely N-dealkylation sites (tertiary alicyclic amines) is 1. The van der Waals surface area contributed by atoms with E-state index in [0.717, 1.165) is 4.90 Å². The van der Waals surface area contributed by atoms with Crippen LogP contribution in [0.2, 0.25) is 0 Å². The van der Waals surface area contributed by atoms with E-state index >= 15 is 0 Å². The van der Waals surface area contributed by atoms with Gasteiger partial charge < -0.3 is 20.1 Å². The van der Waals surface area contributed by atoms with Gasteiger partial charge >= 0.3 is 6.18 Å². The largest absolute Gasteiger partial charge is 0.454 e. The van der Waals surface area contributed by atoms with Crippen molar-refractivity contribution in [3.05, 3.63) is 23.8 Å². The van der Waals surface area contributed by atoms with Gasteiger partial charge in [-0.05, 0) is 25.0 Å². The van der Waals surface area contributed by atoms with Gasteiger partial charge in [0.05, 0.1) is 5.56 Å². The fourth-order valence-corrected chi connectivity index (χ4v) is 2.82. The first-order valence-corrected chi connectivity index (χ1v) is 6.90. The van der Waals surface area contributed by atoms with E-state index in [9.17, 15) is 18.0 Å². The van der Waals surface area contributed by atoms with Crippen molar-refractivity contribution in [1.29, 1.82) is 0 Å². The van der Waals surface area contributed by atoms with E-state index in [0.29, 0.717) is 5.75 Å². The zero-order valence-corrected chi connectivity index (χ0v) is 11.6. The summed E-state index contributed by atoms with van der Waals surface area (Å²) in [5.41, 5.74) is 5.81. The molecule has 0 radical (unpaired) electrons. The molecule has 0 bridgehead atoms. The highest BCUT2D eigenvalue weighted by atomic mass is 19.4. The number of para-hydroxylation sites is 1. The summed E-state index contributed by atoms with van der Waals surface area (Å²) in [5, 5.41) is 0. The van der Waals surface area contributed by atoms with Gasteiger partial charge in [0.25, 0.3) is 5.91 Å². The predicted molar refractivity (Wildman–Crippen MR) is 70.7 cm³/mol. The molecule has 2 aliphatic heterocycles. The standard InChI is InChI=1S/C14H15F3N2O3/c15-14(16,17)11-5-4-8(18)6-19(11)13(20)9-2-1-3-10-12(9)22-7-21-10/h1-3,8,11H,4-7,18H2/t8-,11+/m1/s1. The van der Waals surface area contributed by atoms with Crippen molar-refractivity contribution in [3.8, 4) is 11.5 Å². The Labute approximate surface area is 124 Å². The number of nitrogens with two attached hydrogens (primary N) is 1. The lowest BCUT2D eigenvalue weighted by Crippen LogP contribution is -2.56. The summed E-state index contributed by atoms with van der Waals surface area (Å²) in [5.74, 6) is -0.192. The molecule has 0 spiro atoms. The molecule has 8 heteroatoms. The number of alkyl halides is 3. The molecule has 1 saturated heterocycles. The van der Waals surface area contributed by atoms with Gasteiger partial charge in [0.2, 0.25) is 6.79 Å². The van der Waals surface area contributed by atoms with Crippen molar-refractivity contribution in [2.24, 2.45) is 5.73 Å². The summed E-state index contributed by atoms with van der Waals surface area (Å²) in [6.45, 7) is -0.185. The summed E-state index contributed by atoms with van der Waals surface area (Å²) in [6, 6.07) is 2.30. The molecule has 0 aliphatic carbocycles. The van der Waals surface area contributed by atoms with E-state index in [4.69, 9.17) is 15.2 Å². The minimum absolute atomic E-state index is 0.0537. The second kappa shape index (κ2) is 5.35. The third-order valence-electron chi connectivity index (χ3n) is 3.88. The second-order valence-corrected chi connectivity index (χ2v) is 5.39. The highest BCUT2D eigenvalue weighted by Crippen LogP contribution is 2.38. The van der Waals surface area contributed by atoms with E-state index in [1.807, 2.05) is 0 Å². The maximum absolute atomic E-state index is 13.2. The van der Waals surface area contributed by atoms with Gasteiger partial charge in [-0.2, -0.15) is 13.2 Å². The molecule has 1 aromatic carbocycles. The van der Waals surface area contributed by atoms with Crippen LogP contribution in [0.25, 0.3) is 0 Å². The van der Waals surface area contributed by atoms with Crippen LogP contribution in [-0.4, -0.2) is 42.4 Å². The topological polar surface area (TPSA) is 64.8 Å². The number of fused-ring (bicyclic) bond motifs is 1. The second-order valence-electron chi connectivity index (χ2n) is 5.39. The molecule has 2 N–H and O–H groups in total. The van der Waals surface area contributed by atoms with Crippen molar-refractivity contribution in [1.82, 2.24) is 4.90 Å². The lowest BCUT2D eigenvalue weighted by molar-refractivity contribution is -0.184. The van der Waals surface area contributed by atoms with Crippen molar-refractivity contribution in [3.63, 3.8) is 0 Å². The van der Waals surface area contributed by atoms with E-state index < -0.39 is 24.2 Å². The SMILES string of the molecule is N[C@@H]1CC[C@@H](C(F)(F)F)N(C(=O)c2cccc3c2OCO3)C1. The average Bonchev–Trinajstić information content (AvgIpc) is 2.93. The summed E-state index contributed by atoms with van der Waals surface area (Å²) in [7, 11) is 0. The number of amides is 1. The molecule has 2 atom stereocenters. The highest BCUT2D eigenvalue weighted by Gasteiger charge is 2.48. The first-order valence-electron chi connectivity index (χ1n) is 6.90. The maximum Gasteiger partial charge on any atom is 0.408 e. The molecule has 0 unspecified atom stereocenters. The molecule has 22 heavy (non-hydrogen) atoms. The third-order valence-corrected chi connectivity index (χ3v) is 3.88. The van der Waals surface area contributed by atoms with Crippen LogP contribution in [-0.2, 0) is 0 Å². The molecular formula is C14H15F3N2O3. The quantitative estimate of drug-likeness (QED) is 0.859. The number of benzene rings is 1. The lowest BCUT2D eigenvalue weighted by Gasteiger charge is -2.39. The zero-order valence-electron chi connectivity index (χ0n) is 11.6. The van der Waals surface area contributed by atoms with Crippen molar-refractivity contribution < 1.29 is 27.4 Å². The number of halogens is 3. The van der Waals surface area contributed by atoms with Gasteiger partial charge in [-0.3, -0.25) is 4.79 Å². The minimum Gasteiger partial charge on any atom is -0.454 e. The Kier molecular flexibility index (Phi) is 3.64. The molecule has 1 amide bonds. The minimum atomic E-state index is -4.48. The Morgan fingerprint density at radius 3 is 2.77 bits per heavy atom. The Hall–Kier alpha value is -1.96. The van der Waals surface area contributed by atoms with E-state index in [1.54, 1.807) is 12.1 Å². The average molecular weight is 316 g/mol. The van der Waals surface area contributed by atoms with Gasteiger partial charge in [0, 0.05) is 12.6 Å². The summed E-state index contributed by atoms with van der Waals surface area (Å²) < 4.78 is 49.9. The number of nitrogens with zero attached hydrogens (tertiary/aromatic N) is 1. The lowest BCUT2D eigenvalue weighted by atomic mass is 9.97. The number of carbonyl (C=O) groups is 1. The van der Waals surface area contributed by atoms with Gasteiger partial charge in [0.1, 0.15) is 6.04 Å². The zero-order chi connectivity index (χ0) is 15.9. The smallest absolute Gasteiger partial charge is 0.408 e. The Morgan fingerprint density at radius 2 is 2.05 bits per heavy atom. The number of hydrogen-bond acceptors (Lipinski definition) is 4. The third kappa shape index (κ3) is 2.58. The fourth-order valence-electron chi connectivity index (χ4n) is 2.82. The number of rotatable bonds is 1. The van der Waals surface area contributed by atoms with Crippen molar-refractivity contribution >= 4 is 5.91 Å². The molecule has 3 rings (SSSR count). The van der Waals surface area contributed by atoms with Crippen molar-refractivity contribution in [2.45, 2.75) is 31.1 Å². The fraction of sp³-hybridized carbons (Fsp3) is 0.500. The molecule has 1 aromatic rings. The molecule has 5 nitrogen and oxygen atoms in total. The van der Waals surface area contributed by atoms with Crippen LogP contribution in [0.5, 0.6) is 11.5 Å². The van der Waals surface area contributed by atoms with Crippen LogP contribution in [0, 0.1) is 0 Å².